The van der Waals surface area contributed by atoms with Gasteiger partial charge in [-0.3, -0.25) is 4.57 Å². The molecule has 0 saturated carbocycles. The number of aromatic nitrogens is 2. The van der Waals surface area contributed by atoms with Gasteiger partial charge in [0.2, 0.25) is 5.95 Å². The van der Waals surface area contributed by atoms with E-state index in [1.54, 1.807) is 7.11 Å². The number of hydrogen-bond acceptors (Lipinski definition) is 3. The van der Waals surface area contributed by atoms with E-state index in [2.05, 4.69) is 33.6 Å². The van der Waals surface area contributed by atoms with Crippen molar-refractivity contribution in [1.82, 2.24) is 9.55 Å². The third-order valence-electron chi connectivity index (χ3n) is 2.95. The zero-order valence-electron chi connectivity index (χ0n) is 10.3. The zero-order valence-corrected chi connectivity index (χ0v) is 12.5. The summed E-state index contributed by atoms with van der Waals surface area (Å²) in [6, 6.07) is 13.9. The fourth-order valence-electron chi connectivity index (χ4n) is 2.09. The number of halogens is 1. The SMILES string of the molecule is COc1ccc2c(c1)nc(N)n2-c1cccc(I)c1. The number of methoxy groups -OCH3 is 1. The molecule has 0 amide bonds. The maximum Gasteiger partial charge on any atom is 0.205 e. The Labute approximate surface area is 124 Å². The van der Waals surface area contributed by atoms with Gasteiger partial charge in [-0.1, -0.05) is 6.07 Å². The molecule has 5 heteroatoms. The summed E-state index contributed by atoms with van der Waals surface area (Å²) in [4.78, 5) is 4.39. The lowest BCUT2D eigenvalue weighted by Crippen LogP contribution is -2.00. The summed E-state index contributed by atoms with van der Waals surface area (Å²) in [7, 11) is 1.64. The molecule has 0 unspecified atom stereocenters. The van der Waals surface area contributed by atoms with Gasteiger partial charge >= 0.3 is 0 Å². The molecule has 0 radical (unpaired) electrons. The van der Waals surface area contributed by atoms with Gasteiger partial charge in [-0.25, -0.2) is 4.98 Å². The number of nitrogens with two attached hydrogens (primary N) is 1. The molecule has 96 valence electrons. The standard InChI is InChI=1S/C14H12IN3O/c1-19-11-5-6-13-12(8-11)17-14(16)18(13)10-4-2-3-9(15)7-10/h2-8H,1H3,(H2,16,17). The van der Waals surface area contributed by atoms with Crippen molar-refractivity contribution in [3.05, 3.63) is 46.0 Å². The van der Waals surface area contributed by atoms with Gasteiger partial charge in [0.1, 0.15) is 5.75 Å². The predicted octanol–water partition coefficient (Wildman–Crippen LogP) is 3.22. The zero-order chi connectivity index (χ0) is 13.4. The molecule has 3 rings (SSSR count). The van der Waals surface area contributed by atoms with Crippen LogP contribution in [0.25, 0.3) is 16.7 Å². The van der Waals surface area contributed by atoms with E-state index in [0.29, 0.717) is 5.95 Å². The summed E-state index contributed by atoms with van der Waals surface area (Å²) >= 11 is 2.28. The van der Waals surface area contributed by atoms with E-state index < -0.39 is 0 Å². The second-order valence-corrected chi connectivity index (χ2v) is 5.39. The maximum absolute atomic E-state index is 6.04. The van der Waals surface area contributed by atoms with Crippen molar-refractivity contribution in [2.24, 2.45) is 0 Å². The Bertz CT molecular complexity index is 752. The highest BCUT2D eigenvalue weighted by Crippen LogP contribution is 2.26. The molecule has 1 aromatic heterocycles. The lowest BCUT2D eigenvalue weighted by molar-refractivity contribution is 0.415. The van der Waals surface area contributed by atoms with Gasteiger partial charge in [0.25, 0.3) is 0 Å². The van der Waals surface area contributed by atoms with E-state index in [0.717, 1.165) is 26.0 Å². The minimum absolute atomic E-state index is 0.477. The number of rotatable bonds is 2. The molecule has 0 aliphatic carbocycles. The highest BCUT2D eigenvalue weighted by atomic mass is 127. The van der Waals surface area contributed by atoms with Gasteiger partial charge in [-0.05, 0) is 52.9 Å². The second kappa shape index (κ2) is 4.73. The van der Waals surface area contributed by atoms with Crippen molar-refractivity contribution in [3.63, 3.8) is 0 Å². The summed E-state index contributed by atoms with van der Waals surface area (Å²) in [6.07, 6.45) is 0. The van der Waals surface area contributed by atoms with Crippen LogP contribution in [0.15, 0.2) is 42.5 Å². The summed E-state index contributed by atoms with van der Waals surface area (Å²) in [5, 5.41) is 0. The fraction of sp³-hybridized carbons (Fsp3) is 0.0714. The van der Waals surface area contributed by atoms with Gasteiger partial charge in [0.05, 0.1) is 23.8 Å². The molecule has 0 fully saturated rings. The first-order valence-electron chi connectivity index (χ1n) is 5.77. The molecule has 2 aromatic carbocycles. The number of hydrogen-bond donors (Lipinski definition) is 1. The lowest BCUT2D eigenvalue weighted by atomic mass is 10.2. The fourth-order valence-corrected chi connectivity index (χ4v) is 2.62. The largest absolute Gasteiger partial charge is 0.497 e. The van der Waals surface area contributed by atoms with Gasteiger partial charge < -0.3 is 10.5 Å². The predicted molar refractivity (Wildman–Crippen MR) is 84.8 cm³/mol. The Balaban J connectivity index is 2.26. The Morgan fingerprint density at radius 2 is 2.05 bits per heavy atom. The van der Waals surface area contributed by atoms with Crippen LogP contribution in [-0.4, -0.2) is 16.7 Å². The van der Waals surface area contributed by atoms with Gasteiger partial charge in [-0.15, -0.1) is 0 Å². The number of anilines is 1. The number of fused-ring (bicyclic) bond motifs is 1. The average Bonchev–Trinajstić information content (AvgIpc) is 2.73. The van der Waals surface area contributed by atoms with E-state index >= 15 is 0 Å². The van der Waals surface area contributed by atoms with Crippen LogP contribution >= 0.6 is 22.6 Å². The quantitative estimate of drug-likeness (QED) is 0.710. The number of ether oxygens (including phenoxy) is 1. The molecule has 0 spiro atoms. The molecular weight excluding hydrogens is 353 g/mol. The van der Waals surface area contributed by atoms with Crippen molar-refractivity contribution in [3.8, 4) is 11.4 Å². The molecule has 3 aromatic rings. The summed E-state index contributed by atoms with van der Waals surface area (Å²) in [6.45, 7) is 0. The first kappa shape index (κ1) is 12.3. The molecule has 0 saturated heterocycles. The Morgan fingerprint density at radius 1 is 1.21 bits per heavy atom. The topological polar surface area (TPSA) is 53.1 Å². The Hall–Kier alpha value is -1.76. The lowest BCUT2D eigenvalue weighted by Gasteiger charge is -2.07. The first-order chi connectivity index (χ1) is 9.19. The molecule has 0 atom stereocenters. The minimum atomic E-state index is 0.477. The average molecular weight is 365 g/mol. The molecule has 1 heterocycles. The molecular formula is C14H12IN3O. The number of benzene rings is 2. The van der Waals surface area contributed by atoms with Crippen LogP contribution in [0.1, 0.15) is 0 Å². The number of nitrogen functional groups attached to an aromatic ring is 1. The van der Waals surface area contributed by atoms with Crippen LogP contribution in [-0.2, 0) is 0 Å². The minimum Gasteiger partial charge on any atom is -0.497 e. The van der Waals surface area contributed by atoms with Crippen LogP contribution in [0.2, 0.25) is 0 Å². The monoisotopic (exact) mass is 365 g/mol. The van der Waals surface area contributed by atoms with E-state index in [9.17, 15) is 0 Å². The van der Waals surface area contributed by atoms with Gasteiger partial charge in [0, 0.05) is 9.64 Å². The third kappa shape index (κ3) is 2.14. The van der Waals surface area contributed by atoms with Crippen molar-refractivity contribution in [2.75, 3.05) is 12.8 Å². The molecule has 4 nitrogen and oxygen atoms in total. The Kier molecular flexibility index (Phi) is 3.06. The number of imidazole rings is 1. The van der Waals surface area contributed by atoms with Crippen LogP contribution in [0.3, 0.4) is 0 Å². The first-order valence-corrected chi connectivity index (χ1v) is 6.85. The van der Waals surface area contributed by atoms with Crippen molar-refractivity contribution in [1.29, 1.82) is 0 Å². The second-order valence-electron chi connectivity index (χ2n) is 4.14. The third-order valence-corrected chi connectivity index (χ3v) is 3.62. The van der Waals surface area contributed by atoms with E-state index in [1.165, 1.54) is 0 Å². The maximum atomic E-state index is 6.04. The summed E-state index contributed by atoms with van der Waals surface area (Å²) in [5.41, 5.74) is 8.85. The van der Waals surface area contributed by atoms with Gasteiger partial charge in [0.15, 0.2) is 0 Å². The van der Waals surface area contributed by atoms with Crippen LogP contribution in [0.4, 0.5) is 5.95 Å². The Morgan fingerprint density at radius 3 is 2.79 bits per heavy atom. The van der Waals surface area contributed by atoms with Crippen molar-refractivity contribution < 1.29 is 4.74 Å². The normalized spacial score (nSPS) is 10.8. The highest BCUT2D eigenvalue weighted by molar-refractivity contribution is 14.1. The molecule has 0 bridgehead atoms. The molecule has 0 aliphatic rings. The van der Waals surface area contributed by atoms with Crippen molar-refractivity contribution in [2.45, 2.75) is 0 Å². The smallest absolute Gasteiger partial charge is 0.205 e. The van der Waals surface area contributed by atoms with E-state index in [4.69, 9.17) is 10.5 Å². The summed E-state index contributed by atoms with van der Waals surface area (Å²) < 4.78 is 8.30. The highest BCUT2D eigenvalue weighted by Gasteiger charge is 2.10. The van der Waals surface area contributed by atoms with E-state index in [1.807, 2.05) is 41.0 Å². The van der Waals surface area contributed by atoms with Crippen LogP contribution in [0.5, 0.6) is 5.75 Å². The molecule has 19 heavy (non-hydrogen) atoms. The molecule has 2 N–H and O–H groups in total. The van der Waals surface area contributed by atoms with Crippen LogP contribution in [0, 0.1) is 3.57 Å². The van der Waals surface area contributed by atoms with Gasteiger partial charge in [-0.2, -0.15) is 0 Å². The molecule has 0 aliphatic heterocycles. The summed E-state index contributed by atoms with van der Waals surface area (Å²) in [5.74, 6) is 1.25. The van der Waals surface area contributed by atoms with E-state index in [-0.39, 0.29) is 0 Å². The number of nitrogens with zero attached hydrogens (tertiary/aromatic N) is 2. The van der Waals surface area contributed by atoms with Crippen LogP contribution < -0.4 is 10.5 Å². The van der Waals surface area contributed by atoms with Crippen molar-refractivity contribution >= 4 is 39.6 Å².